The molecule has 0 amide bonds. The molecular weight excluding hydrogens is 211 g/mol. The van der Waals surface area contributed by atoms with E-state index in [0.717, 1.165) is 31.4 Å². The summed E-state index contributed by atoms with van der Waals surface area (Å²) in [5, 5.41) is 13.4. The molecule has 0 saturated heterocycles. The lowest BCUT2D eigenvalue weighted by Gasteiger charge is -2.06. The first-order chi connectivity index (χ1) is 7.65. The van der Waals surface area contributed by atoms with Crippen LogP contribution in [0.5, 0.6) is 0 Å². The van der Waals surface area contributed by atoms with Gasteiger partial charge in [0.15, 0.2) is 0 Å². The number of nitro groups is 1. The van der Waals surface area contributed by atoms with Gasteiger partial charge in [0.2, 0.25) is 0 Å². The zero-order valence-electron chi connectivity index (χ0n) is 9.20. The van der Waals surface area contributed by atoms with Crippen molar-refractivity contribution in [3.8, 4) is 0 Å². The lowest BCUT2D eigenvalue weighted by atomic mass is 10.2. The Morgan fingerprint density at radius 2 is 2.19 bits per heavy atom. The van der Waals surface area contributed by atoms with E-state index >= 15 is 0 Å². The molecule has 0 radical (unpaired) electrons. The van der Waals surface area contributed by atoms with Crippen LogP contribution >= 0.6 is 0 Å². The van der Waals surface area contributed by atoms with Gasteiger partial charge in [0.05, 0.1) is 10.6 Å². The number of non-ortho nitro benzene ring substituents is 1. The van der Waals surface area contributed by atoms with E-state index in [-0.39, 0.29) is 11.4 Å². The van der Waals surface area contributed by atoms with Gasteiger partial charge in [0, 0.05) is 18.7 Å². The Labute approximate surface area is 93.6 Å². The first kappa shape index (κ1) is 12.4. The molecule has 0 unspecified atom stereocenters. The van der Waals surface area contributed by atoms with Crippen LogP contribution in [0.1, 0.15) is 26.2 Å². The van der Waals surface area contributed by atoms with Crippen LogP contribution in [0.2, 0.25) is 0 Å². The Balaban J connectivity index is 2.63. The number of nitrogens with zero attached hydrogens (tertiary/aromatic N) is 1. The zero-order valence-corrected chi connectivity index (χ0v) is 9.20. The van der Waals surface area contributed by atoms with Crippen LogP contribution in [0.3, 0.4) is 0 Å². The van der Waals surface area contributed by atoms with E-state index < -0.39 is 10.7 Å². The topological polar surface area (TPSA) is 55.2 Å². The molecule has 0 fully saturated rings. The third kappa shape index (κ3) is 3.49. The molecule has 0 atom stereocenters. The molecular formula is C11H15FN2O2. The van der Waals surface area contributed by atoms with Crippen molar-refractivity contribution < 1.29 is 9.31 Å². The van der Waals surface area contributed by atoms with Crippen LogP contribution in [0.25, 0.3) is 0 Å². The minimum absolute atomic E-state index is 0.0978. The van der Waals surface area contributed by atoms with Gasteiger partial charge >= 0.3 is 0 Å². The first-order valence-corrected chi connectivity index (χ1v) is 5.33. The number of hydrogen-bond acceptors (Lipinski definition) is 3. The Kier molecular flexibility index (Phi) is 4.69. The van der Waals surface area contributed by atoms with Crippen molar-refractivity contribution in [3.05, 3.63) is 34.1 Å². The van der Waals surface area contributed by atoms with Gasteiger partial charge < -0.3 is 5.32 Å². The number of hydrogen-bond donors (Lipinski definition) is 1. The average Bonchev–Trinajstić information content (AvgIpc) is 2.26. The molecule has 1 rings (SSSR count). The van der Waals surface area contributed by atoms with Crippen LogP contribution in [0, 0.1) is 15.9 Å². The summed E-state index contributed by atoms with van der Waals surface area (Å²) < 4.78 is 13.3. The maximum Gasteiger partial charge on any atom is 0.271 e. The third-order valence-electron chi connectivity index (χ3n) is 2.26. The number of unbranched alkanes of at least 4 members (excludes halogenated alkanes) is 2. The fourth-order valence-electron chi connectivity index (χ4n) is 1.36. The largest absolute Gasteiger partial charge is 0.382 e. The lowest BCUT2D eigenvalue weighted by Crippen LogP contribution is -2.03. The van der Waals surface area contributed by atoms with Crippen LogP contribution in [0.15, 0.2) is 18.2 Å². The summed E-state index contributed by atoms with van der Waals surface area (Å²) in [6.07, 6.45) is 3.07. The molecule has 88 valence electrons. The van der Waals surface area contributed by atoms with E-state index in [0.29, 0.717) is 6.54 Å². The molecule has 5 heteroatoms. The zero-order chi connectivity index (χ0) is 12.0. The summed E-state index contributed by atoms with van der Waals surface area (Å²) in [7, 11) is 0. The second kappa shape index (κ2) is 6.05. The average molecular weight is 226 g/mol. The molecule has 1 aromatic carbocycles. The second-order valence-electron chi connectivity index (χ2n) is 3.56. The summed E-state index contributed by atoms with van der Waals surface area (Å²) in [5.41, 5.74) is 0.102. The normalized spacial score (nSPS) is 10.1. The Morgan fingerprint density at radius 1 is 1.44 bits per heavy atom. The number of benzene rings is 1. The van der Waals surface area contributed by atoms with Crippen molar-refractivity contribution in [2.75, 3.05) is 11.9 Å². The predicted molar refractivity (Wildman–Crippen MR) is 61.1 cm³/mol. The molecule has 1 N–H and O–H groups in total. The maximum absolute atomic E-state index is 13.3. The van der Waals surface area contributed by atoms with Gasteiger partial charge in [-0.15, -0.1) is 0 Å². The summed E-state index contributed by atoms with van der Waals surface area (Å²) >= 11 is 0. The Bertz CT molecular complexity index is 369. The van der Waals surface area contributed by atoms with Gasteiger partial charge in [-0.25, -0.2) is 4.39 Å². The first-order valence-electron chi connectivity index (χ1n) is 5.33. The predicted octanol–water partition coefficient (Wildman–Crippen LogP) is 3.34. The highest BCUT2D eigenvalue weighted by Gasteiger charge is 2.09. The second-order valence-corrected chi connectivity index (χ2v) is 3.56. The molecule has 0 spiro atoms. The molecule has 0 saturated carbocycles. The standard InChI is InChI=1S/C11H15FN2O2/c1-2-3-4-7-13-11-8-9(14(15)16)5-6-10(11)12/h5-6,8,13H,2-4,7H2,1H3. The minimum atomic E-state index is -0.531. The Morgan fingerprint density at radius 3 is 2.81 bits per heavy atom. The van der Waals surface area contributed by atoms with E-state index in [2.05, 4.69) is 12.2 Å². The van der Waals surface area contributed by atoms with E-state index in [1.165, 1.54) is 6.07 Å². The molecule has 0 bridgehead atoms. The molecule has 16 heavy (non-hydrogen) atoms. The van der Waals surface area contributed by atoms with Crippen molar-refractivity contribution in [3.63, 3.8) is 0 Å². The fraction of sp³-hybridized carbons (Fsp3) is 0.455. The molecule has 0 aliphatic heterocycles. The molecule has 0 aromatic heterocycles. The molecule has 1 aromatic rings. The Hall–Kier alpha value is -1.65. The minimum Gasteiger partial charge on any atom is -0.382 e. The van der Waals surface area contributed by atoms with E-state index in [9.17, 15) is 14.5 Å². The van der Waals surface area contributed by atoms with Gasteiger partial charge in [-0.2, -0.15) is 0 Å². The quantitative estimate of drug-likeness (QED) is 0.460. The lowest BCUT2D eigenvalue weighted by molar-refractivity contribution is -0.384. The summed E-state index contributed by atoms with van der Waals surface area (Å²) in [4.78, 5) is 9.96. The van der Waals surface area contributed by atoms with Crippen LogP contribution in [-0.4, -0.2) is 11.5 Å². The molecule has 0 heterocycles. The van der Waals surface area contributed by atoms with Crippen LogP contribution < -0.4 is 5.32 Å². The monoisotopic (exact) mass is 226 g/mol. The van der Waals surface area contributed by atoms with Gasteiger partial charge in [-0.3, -0.25) is 10.1 Å². The highest BCUT2D eigenvalue weighted by atomic mass is 19.1. The molecule has 4 nitrogen and oxygen atoms in total. The van der Waals surface area contributed by atoms with E-state index in [1.54, 1.807) is 0 Å². The van der Waals surface area contributed by atoms with Gasteiger partial charge in [-0.1, -0.05) is 19.8 Å². The summed E-state index contributed by atoms with van der Waals surface area (Å²) in [5.74, 6) is -0.456. The van der Waals surface area contributed by atoms with Gasteiger partial charge in [-0.05, 0) is 12.5 Å². The van der Waals surface area contributed by atoms with E-state index in [4.69, 9.17) is 0 Å². The smallest absolute Gasteiger partial charge is 0.271 e. The highest BCUT2D eigenvalue weighted by Crippen LogP contribution is 2.21. The van der Waals surface area contributed by atoms with Crippen molar-refractivity contribution >= 4 is 11.4 Å². The molecule has 0 aliphatic carbocycles. The van der Waals surface area contributed by atoms with Crippen molar-refractivity contribution in [1.82, 2.24) is 0 Å². The molecule has 0 aliphatic rings. The van der Waals surface area contributed by atoms with Crippen LogP contribution in [0.4, 0.5) is 15.8 Å². The number of nitrogens with one attached hydrogen (secondary N) is 1. The van der Waals surface area contributed by atoms with Crippen molar-refractivity contribution in [2.24, 2.45) is 0 Å². The van der Waals surface area contributed by atoms with Crippen molar-refractivity contribution in [2.45, 2.75) is 26.2 Å². The number of halogens is 1. The van der Waals surface area contributed by atoms with Gasteiger partial charge in [0.1, 0.15) is 5.82 Å². The maximum atomic E-state index is 13.3. The number of rotatable bonds is 6. The SMILES string of the molecule is CCCCCNc1cc([N+](=O)[O-])ccc1F. The van der Waals surface area contributed by atoms with Gasteiger partial charge in [0.25, 0.3) is 5.69 Å². The fourth-order valence-corrected chi connectivity index (χ4v) is 1.36. The highest BCUT2D eigenvalue weighted by molar-refractivity contribution is 5.52. The summed E-state index contributed by atoms with van der Waals surface area (Å²) in [6, 6.07) is 3.49. The van der Waals surface area contributed by atoms with Crippen LogP contribution in [-0.2, 0) is 0 Å². The summed E-state index contributed by atoms with van der Waals surface area (Å²) in [6.45, 7) is 2.71. The third-order valence-corrected chi connectivity index (χ3v) is 2.26. The van der Waals surface area contributed by atoms with Crippen molar-refractivity contribution in [1.29, 1.82) is 0 Å². The van der Waals surface area contributed by atoms with E-state index in [1.807, 2.05) is 0 Å². The number of nitro benzene ring substituents is 1. The number of anilines is 1.